The lowest BCUT2D eigenvalue weighted by molar-refractivity contribution is -0.123. The van der Waals surface area contributed by atoms with E-state index in [9.17, 15) is 18.4 Å². The zero-order valence-electron chi connectivity index (χ0n) is 18.7. The van der Waals surface area contributed by atoms with Gasteiger partial charge < -0.3 is 10.1 Å². The van der Waals surface area contributed by atoms with Gasteiger partial charge in [-0.05, 0) is 67.7 Å². The lowest BCUT2D eigenvalue weighted by atomic mass is 9.88. The van der Waals surface area contributed by atoms with Crippen molar-refractivity contribution < 1.29 is 23.1 Å². The molecule has 1 aliphatic heterocycles. The van der Waals surface area contributed by atoms with Crippen LogP contribution in [0.4, 0.5) is 8.78 Å². The highest BCUT2D eigenvalue weighted by Gasteiger charge is 2.29. The number of ether oxygens (including phenoxy) is 1. The van der Waals surface area contributed by atoms with Crippen LogP contribution in [0.25, 0.3) is 0 Å². The second-order valence-electron chi connectivity index (χ2n) is 8.60. The Morgan fingerprint density at radius 1 is 1.09 bits per heavy atom. The molecule has 2 aromatic carbocycles. The number of amides is 1. The van der Waals surface area contributed by atoms with Crippen molar-refractivity contribution in [3.05, 3.63) is 65.2 Å². The largest absolute Gasteiger partial charge is 0.497 e. The summed E-state index contributed by atoms with van der Waals surface area (Å²) < 4.78 is 32.6. The van der Waals surface area contributed by atoms with E-state index < -0.39 is 11.6 Å². The number of likely N-dealkylation sites (tertiary alicyclic amines) is 1. The lowest BCUT2D eigenvalue weighted by Gasteiger charge is -2.31. The first-order valence-electron chi connectivity index (χ1n) is 10.9. The zero-order chi connectivity index (χ0) is 23.3. The summed E-state index contributed by atoms with van der Waals surface area (Å²) in [4.78, 5) is 27.3. The molecule has 3 rings (SSSR count). The number of benzene rings is 2. The summed E-state index contributed by atoms with van der Waals surface area (Å²) in [7, 11) is 1.61. The number of hydrogen-bond acceptors (Lipinski definition) is 4. The molecule has 0 aromatic heterocycles. The number of halogens is 2. The van der Waals surface area contributed by atoms with Crippen LogP contribution in [0, 0.1) is 23.5 Å². The molecule has 172 valence electrons. The number of carbonyl (C=O) groups is 2. The SMILES string of the molecule is COc1ccc(C(NC(=O)CN2CCC(C(=O)c3cc(F)ccc3F)CC2)C(C)C)cc1. The normalized spacial score (nSPS) is 16.1. The first-order chi connectivity index (χ1) is 15.3. The zero-order valence-corrected chi connectivity index (χ0v) is 18.7. The number of carbonyl (C=O) groups excluding carboxylic acids is 2. The number of nitrogens with one attached hydrogen (secondary N) is 1. The third-order valence-corrected chi connectivity index (χ3v) is 5.98. The summed E-state index contributed by atoms with van der Waals surface area (Å²) in [6.45, 7) is 5.44. The van der Waals surface area contributed by atoms with E-state index in [0.717, 1.165) is 29.5 Å². The van der Waals surface area contributed by atoms with E-state index >= 15 is 0 Å². The molecule has 2 aromatic rings. The van der Waals surface area contributed by atoms with Gasteiger partial charge in [-0.2, -0.15) is 0 Å². The summed E-state index contributed by atoms with van der Waals surface area (Å²) in [6.07, 6.45) is 1.02. The molecule has 7 heteroatoms. The van der Waals surface area contributed by atoms with Crippen molar-refractivity contribution >= 4 is 11.7 Å². The van der Waals surface area contributed by atoms with Crippen LogP contribution in [0.3, 0.4) is 0 Å². The molecule has 0 spiro atoms. The Hall–Kier alpha value is -2.80. The van der Waals surface area contributed by atoms with Crippen molar-refractivity contribution in [2.75, 3.05) is 26.7 Å². The van der Waals surface area contributed by atoms with Crippen LogP contribution in [0.2, 0.25) is 0 Å². The highest BCUT2D eigenvalue weighted by atomic mass is 19.1. The Morgan fingerprint density at radius 2 is 1.75 bits per heavy atom. The molecule has 1 fully saturated rings. The fourth-order valence-electron chi connectivity index (χ4n) is 4.13. The lowest BCUT2D eigenvalue weighted by Crippen LogP contribution is -2.44. The molecule has 0 aliphatic carbocycles. The van der Waals surface area contributed by atoms with E-state index in [1.54, 1.807) is 7.11 Å². The van der Waals surface area contributed by atoms with Crippen molar-refractivity contribution in [2.24, 2.45) is 11.8 Å². The maximum absolute atomic E-state index is 13.9. The quantitative estimate of drug-likeness (QED) is 0.614. The Balaban J connectivity index is 1.54. The van der Waals surface area contributed by atoms with Crippen molar-refractivity contribution in [1.29, 1.82) is 0 Å². The monoisotopic (exact) mass is 444 g/mol. The minimum atomic E-state index is -0.698. The van der Waals surface area contributed by atoms with E-state index in [1.807, 2.05) is 29.2 Å². The van der Waals surface area contributed by atoms with Crippen LogP contribution >= 0.6 is 0 Å². The maximum atomic E-state index is 13.9. The Labute approximate surface area is 187 Å². The molecule has 0 bridgehead atoms. The van der Waals surface area contributed by atoms with E-state index in [-0.39, 0.29) is 41.7 Å². The molecule has 1 heterocycles. The smallest absolute Gasteiger partial charge is 0.234 e. The first-order valence-corrected chi connectivity index (χ1v) is 10.9. The molecular formula is C25H30F2N2O3. The number of piperidine rings is 1. The van der Waals surface area contributed by atoms with Crippen molar-refractivity contribution in [3.63, 3.8) is 0 Å². The average Bonchev–Trinajstić information content (AvgIpc) is 2.79. The number of Topliss-reactive ketones (excluding diaryl/α,β-unsaturated/α-hetero) is 1. The second kappa shape index (κ2) is 10.7. The molecule has 1 atom stereocenters. The van der Waals surface area contributed by atoms with Gasteiger partial charge in [-0.15, -0.1) is 0 Å². The van der Waals surface area contributed by atoms with Crippen LogP contribution in [-0.4, -0.2) is 43.3 Å². The highest BCUT2D eigenvalue weighted by Crippen LogP contribution is 2.25. The highest BCUT2D eigenvalue weighted by molar-refractivity contribution is 5.98. The summed E-state index contributed by atoms with van der Waals surface area (Å²) in [5.74, 6) is -1.17. The topological polar surface area (TPSA) is 58.6 Å². The van der Waals surface area contributed by atoms with Gasteiger partial charge in [-0.25, -0.2) is 8.78 Å². The number of ketones is 1. The summed E-state index contributed by atoms with van der Waals surface area (Å²) >= 11 is 0. The molecule has 1 unspecified atom stereocenters. The summed E-state index contributed by atoms with van der Waals surface area (Å²) in [5, 5.41) is 3.11. The maximum Gasteiger partial charge on any atom is 0.234 e. The van der Waals surface area contributed by atoms with E-state index in [4.69, 9.17) is 4.74 Å². The van der Waals surface area contributed by atoms with Gasteiger partial charge in [0.1, 0.15) is 17.4 Å². The minimum Gasteiger partial charge on any atom is -0.497 e. The van der Waals surface area contributed by atoms with Crippen molar-refractivity contribution in [1.82, 2.24) is 10.2 Å². The van der Waals surface area contributed by atoms with E-state index in [1.165, 1.54) is 0 Å². The van der Waals surface area contributed by atoms with Crippen LogP contribution in [-0.2, 0) is 4.79 Å². The Kier molecular flexibility index (Phi) is 7.96. The summed E-state index contributed by atoms with van der Waals surface area (Å²) in [5.41, 5.74) is 0.816. The molecule has 1 N–H and O–H groups in total. The standard InChI is InChI=1S/C25H30F2N2O3/c1-16(2)24(17-4-7-20(32-3)8-5-17)28-23(30)15-29-12-10-18(11-13-29)25(31)21-14-19(26)6-9-22(21)27/h4-9,14,16,18,24H,10-13,15H2,1-3H3,(H,28,30). The first kappa shape index (κ1) is 23.9. The van der Waals surface area contributed by atoms with Gasteiger partial charge in [0.2, 0.25) is 5.91 Å². The molecule has 1 amide bonds. The molecule has 1 saturated heterocycles. The number of nitrogens with zero attached hydrogens (tertiary/aromatic N) is 1. The van der Waals surface area contributed by atoms with Crippen LogP contribution in [0.5, 0.6) is 5.75 Å². The summed E-state index contributed by atoms with van der Waals surface area (Å²) in [6, 6.07) is 10.5. The molecule has 5 nitrogen and oxygen atoms in total. The minimum absolute atomic E-state index is 0.0829. The van der Waals surface area contributed by atoms with Crippen molar-refractivity contribution in [2.45, 2.75) is 32.7 Å². The van der Waals surface area contributed by atoms with Gasteiger partial charge in [0.05, 0.1) is 25.3 Å². The van der Waals surface area contributed by atoms with Crippen LogP contribution in [0.1, 0.15) is 48.7 Å². The van der Waals surface area contributed by atoms with Gasteiger partial charge in [-0.3, -0.25) is 14.5 Å². The fraction of sp³-hybridized carbons (Fsp3) is 0.440. The Morgan fingerprint density at radius 3 is 2.34 bits per heavy atom. The van der Waals surface area contributed by atoms with E-state index in [0.29, 0.717) is 25.9 Å². The number of hydrogen-bond donors (Lipinski definition) is 1. The third kappa shape index (κ3) is 5.91. The van der Waals surface area contributed by atoms with Gasteiger partial charge in [0.25, 0.3) is 0 Å². The van der Waals surface area contributed by atoms with Gasteiger partial charge >= 0.3 is 0 Å². The average molecular weight is 445 g/mol. The van der Waals surface area contributed by atoms with Gasteiger partial charge in [-0.1, -0.05) is 26.0 Å². The number of methoxy groups -OCH3 is 1. The predicted molar refractivity (Wildman–Crippen MR) is 119 cm³/mol. The van der Waals surface area contributed by atoms with Gasteiger partial charge in [0, 0.05) is 5.92 Å². The molecule has 1 aliphatic rings. The molecule has 32 heavy (non-hydrogen) atoms. The fourth-order valence-corrected chi connectivity index (χ4v) is 4.13. The number of rotatable bonds is 8. The van der Waals surface area contributed by atoms with Crippen LogP contribution in [0.15, 0.2) is 42.5 Å². The predicted octanol–water partition coefficient (Wildman–Crippen LogP) is 4.38. The molecule has 0 radical (unpaired) electrons. The third-order valence-electron chi connectivity index (χ3n) is 5.98. The Bertz CT molecular complexity index is 939. The van der Waals surface area contributed by atoms with E-state index in [2.05, 4.69) is 19.2 Å². The molecule has 0 saturated carbocycles. The van der Waals surface area contributed by atoms with Gasteiger partial charge in [0.15, 0.2) is 5.78 Å². The van der Waals surface area contributed by atoms with Crippen LogP contribution < -0.4 is 10.1 Å². The van der Waals surface area contributed by atoms with Crippen molar-refractivity contribution in [3.8, 4) is 5.75 Å². The molecular weight excluding hydrogens is 414 g/mol. The second-order valence-corrected chi connectivity index (χ2v) is 8.60.